The van der Waals surface area contributed by atoms with Crippen molar-refractivity contribution in [2.45, 2.75) is 32.3 Å². The number of anilines is 1. The van der Waals surface area contributed by atoms with Crippen LogP contribution in [0.5, 0.6) is 0 Å². The molecule has 0 bridgehead atoms. The number of morpholine rings is 1. The number of carbonyl (C=O) groups excluding carboxylic acids is 2. The molecule has 2 aliphatic heterocycles. The Morgan fingerprint density at radius 2 is 2.04 bits per heavy atom. The van der Waals surface area contributed by atoms with Gasteiger partial charge in [0.2, 0.25) is 11.8 Å². The summed E-state index contributed by atoms with van der Waals surface area (Å²) in [5.74, 6) is -1.47. The standard InChI is InChI=1S/C19H24N2O5/c1-2-13-5-3-4-6-16(13)21-11-14(9-17(21)22)19(25)20-7-8-26-15(12-20)10-18(23)24/h3-6,14-15H,2,7-12H2,1H3,(H,23,24). The van der Waals surface area contributed by atoms with Gasteiger partial charge in [-0.05, 0) is 18.1 Å². The van der Waals surface area contributed by atoms with Crippen molar-refractivity contribution in [1.29, 1.82) is 0 Å². The fraction of sp³-hybridized carbons (Fsp3) is 0.526. The lowest BCUT2D eigenvalue weighted by atomic mass is 10.1. The van der Waals surface area contributed by atoms with E-state index in [9.17, 15) is 14.4 Å². The first-order valence-corrected chi connectivity index (χ1v) is 9.00. The van der Waals surface area contributed by atoms with E-state index in [1.54, 1.807) is 9.80 Å². The van der Waals surface area contributed by atoms with Crippen molar-refractivity contribution < 1.29 is 24.2 Å². The van der Waals surface area contributed by atoms with Crippen LogP contribution in [0, 0.1) is 5.92 Å². The van der Waals surface area contributed by atoms with Crippen LogP contribution in [0.4, 0.5) is 5.69 Å². The first kappa shape index (κ1) is 18.4. The van der Waals surface area contributed by atoms with Gasteiger partial charge >= 0.3 is 5.97 Å². The molecular formula is C19H24N2O5. The Kier molecular flexibility index (Phi) is 5.56. The number of para-hydroxylation sites is 1. The number of aliphatic carboxylic acids is 1. The quantitative estimate of drug-likeness (QED) is 0.855. The third-order valence-electron chi connectivity index (χ3n) is 4.99. The van der Waals surface area contributed by atoms with Crippen LogP contribution in [0.25, 0.3) is 0 Å². The van der Waals surface area contributed by atoms with E-state index in [0.29, 0.717) is 19.7 Å². The van der Waals surface area contributed by atoms with E-state index in [1.807, 2.05) is 31.2 Å². The van der Waals surface area contributed by atoms with Gasteiger partial charge in [-0.2, -0.15) is 0 Å². The van der Waals surface area contributed by atoms with E-state index >= 15 is 0 Å². The minimum absolute atomic E-state index is 0.0420. The maximum atomic E-state index is 12.9. The lowest BCUT2D eigenvalue weighted by Crippen LogP contribution is -2.48. The summed E-state index contributed by atoms with van der Waals surface area (Å²) in [5.41, 5.74) is 1.96. The molecule has 2 atom stereocenters. The van der Waals surface area contributed by atoms with Gasteiger partial charge in [0.15, 0.2) is 0 Å². The number of carbonyl (C=O) groups is 3. The van der Waals surface area contributed by atoms with Crippen LogP contribution >= 0.6 is 0 Å². The highest BCUT2D eigenvalue weighted by Crippen LogP contribution is 2.29. The fourth-order valence-electron chi connectivity index (χ4n) is 3.67. The second-order valence-electron chi connectivity index (χ2n) is 6.76. The summed E-state index contributed by atoms with van der Waals surface area (Å²) in [6.07, 6.45) is 0.402. The van der Waals surface area contributed by atoms with Gasteiger partial charge in [-0.15, -0.1) is 0 Å². The zero-order valence-corrected chi connectivity index (χ0v) is 14.9. The van der Waals surface area contributed by atoms with Gasteiger partial charge in [0.25, 0.3) is 0 Å². The molecule has 0 radical (unpaired) electrons. The summed E-state index contributed by atoms with van der Waals surface area (Å²) >= 11 is 0. The molecule has 1 aromatic carbocycles. The summed E-state index contributed by atoms with van der Waals surface area (Å²) in [7, 11) is 0. The number of benzene rings is 1. The second-order valence-corrected chi connectivity index (χ2v) is 6.76. The molecule has 2 amide bonds. The topological polar surface area (TPSA) is 87.2 Å². The molecular weight excluding hydrogens is 336 g/mol. The third kappa shape index (κ3) is 3.88. The molecule has 2 unspecified atom stereocenters. The largest absolute Gasteiger partial charge is 0.481 e. The van der Waals surface area contributed by atoms with Gasteiger partial charge in [-0.25, -0.2) is 0 Å². The maximum absolute atomic E-state index is 12.9. The highest BCUT2D eigenvalue weighted by molar-refractivity contribution is 6.00. The van der Waals surface area contributed by atoms with E-state index < -0.39 is 18.0 Å². The first-order chi connectivity index (χ1) is 12.5. The monoisotopic (exact) mass is 360 g/mol. The van der Waals surface area contributed by atoms with Crippen molar-refractivity contribution in [2.75, 3.05) is 31.1 Å². The van der Waals surface area contributed by atoms with Crippen molar-refractivity contribution in [3.8, 4) is 0 Å². The number of carboxylic acids is 1. The average molecular weight is 360 g/mol. The summed E-state index contributed by atoms with van der Waals surface area (Å²) in [4.78, 5) is 39.6. The van der Waals surface area contributed by atoms with Crippen molar-refractivity contribution >= 4 is 23.5 Å². The summed E-state index contributed by atoms with van der Waals surface area (Å²) in [6.45, 7) is 3.44. The van der Waals surface area contributed by atoms with Crippen LogP contribution in [0.2, 0.25) is 0 Å². The molecule has 140 valence electrons. The molecule has 0 aliphatic carbocycles. The molecule has 7 heteroatoms. The molecule has 1 aromatic rings. The zero-order chi connectivity index (χ0) is 18.7. The molecule has 2 fully saturated rings. The second kappa shape index (κ2) is 7.86. The molecule has 3 rings (SSSR count). The third-order valence-corrected chi connectivity index (χ3v) is 4.99. The van der Waals surface area contributed by atoms with Crippen molar-refractivity contribution in [3.05, 3.63) is 29.8 Å². The molecule has 26 heavy (non-hydrogen) atoms. The number of hydrogen-bond acceptors (Lipinski definition) is 4. The predicted molar refractivity (Wildman–Crippen MR) is 94.9 cm³/mol. The van der Waals surface area contributed by atoms with Crippen molar-refractivity contribution in [2.24, 2.45) is 5.92 Å². The van der Waals surface area contributed by atoms with Crippen molar-refractivity contribution in [1.82, 2.24) is 4.90 Å². The Bertz CT molecular complexity index is 705. The van der Waals surface area contributed by atoms with Gasteiger partial charge in [0.05, 0.1) is 25.0 Å². The molecule has 0 aromatic heterocycles. The number of amides is 2. The Morgan fingerprint density at radius 1 is 1.27 bits per heavy atom. The Morgan fingerprint density at radius 3 is 2.77 bits per heavy atom. The smallest absolute Gasteiger partial charge is 0.306 e. The van der Waals surface area contributed by atoms with Gasteiger partial charge in [-0.1, -0.05) is 25.1 Å². The number of nitrogens with zero attached hydrogens (tertiary/aromatic N) is 2. The summed E-state index contributed by atoms with van der Waals surface area (Å²) in [5, 5.41) is 8.91. The van der Waals surface area contributed by atoms with E-state index in [4.69, 9.17) is 9.84 Å². The number of hydrogen-bond donors (Lipinski definition) is 1. The normalized spacial score (nSPS) is 23.3. The van der Waals surface area contributed by atoms with Crippen LogP contribution in [-0.2, 0) is 25.5 Å². The Balaban J connectivity index is 1.68. The SMILES string of the molecule is CCc1ccccc1N1CC(C(=O)N2CCOC(CC(=O)O)C2)CC1=O. The number of carboxylic acid groups (broad SMARTS) is 1. The average Bonchev–Trinajstić information content (AvgIpc) is 3.02. The van der Waals surface area contributed by atoms with Crippen LogP contribution in [0.15, 0.2) is 24.3 Å². The van der Waals surface area contributed by atoms with Gasteiger partial charge < -0.3 is 19.6 Å². The lowest BCUT2D eigenvalue weighted by Gasteiger charge is -2.33. The molecule has 2 aliphatic rings. The van der Waals surface area contributed by atoms with Gasteiger partial charge in [0, 0.05) is 31.7 Å². The maximum Gasteiger partial charge on any atom is 0.306 e. The minimum atomic E-state index is -0.942. The first-order valence-electron chi connectivity index (χ1n) is 9.00. The fourth-order valence-corrected chi connectivity index (χ4v) is 3.67. The summed E-state index contributed by atoms with van der Waals surface area (Å²) < 4.78 is 5.42. The van der Waals surface area contributed by atoms with Gasteiger partial charge in [0.1, 0.15) is 0 Å². The van der Waals surface area contributed by atoms with E-state index in [2.05, 4.69) is 0 Å². The predicted octanol–water partition coefficient (Wildman–Crippen LogP) is 1.30. The van der Waals surface area contributed by atoms with Gasteiger partial charge in [-0.3, -0.25) is 14.4 Å². The van der Waals surface area contributed by atoms with Crippen LogP contribution in [-0.4, -0.2) is 60.1 Å². The number of rotatable bonds is 5. The minimum Gasteiger partial charge on any atom is -0.481 e. The Labute approximate surface area is 152 Å². The molecule has 7 nitrogen and oxygen atoms in total. The highest BCUT2D eigenvalue weighted by atomic mass is 16.5. The van der Waals surface area contributed by atoms with Crippen LogP contribution < -0.4 is 4.90 Å². The lowest BCUT2D eigenvalue weighted by molar-refractivity contribution is -0.149. The molecule has 2 heterocycles. The van der Waals surface area contributed by atoms with Crippen LogP contribution in [0.3, 0.4) is 0 Å². The van der Waals surface area contributed by atoms with Crippen LogP contribution in [0.1, 0.15) is 25.3 Å². The van der Waals surface area contributed by atoms with Crippen molar-refractivity contribution in [3.63, 3.8) is 0 Å². The summed E-state index contributed by atoms with van der Waals surface area (Å²) in [6, 6.07) is 7.76. The molecule has 0 saturated carbocycles. The molecule has 1 N–H and O–H groups in total. The molecule has 0 spiro atoms. The van der Waals surface area contributed by atoms with E-state index in [-0.39, 0.29) is 31.2 Å². The molecule has 2 saturated heterocycles. The Hall–Kier alpha value is -2.41. The van der Waals surface area contributed by atoms with E-state index in [1.165, 1.54) is 0 Å². The highest BCUT2D eigenvalue weighted by Gasteiger charge is 2.39. The van der Waals surface area contributed by atoms with E-state index in [0.717, 1.165) is 17.7 Å². The number of aryl methyl sites for hydroxylation is 1. The zero-order valence-electron chi connectivity index (χ0n) is 14.9. The number of ether oxygens (including phenoxy) is 1.